The fraction of sp³-hybridized carbons (Fsp3) is 0.484. The Labute approximate surface area is 215 Å². The predicted molar refractivity (Wildman–Crippen MR) is 145 cm³/mol. The lowest BCUT2D eigenvalue weighted by atomic mass is 9.69. The van der Waals surface area contributed by atoms with Gasteiger partial charge in [-0.05, 0) is 73.4 Å². The lowest BCUT2D eigenvalue weighted by molar-refractivity contribution is -0.137. The molecule has 0 heterocycles. The minimum absolute atomic E-state index is 0.201. The smallest absolute Gasteiger partial charge is 0.323 e. The normalized spacial score (nSPS) is 15.7. The number of carboxylic acid groups (broad SMARTS) is 1. The number of aliphatic carboxylic acids is 1. The van der Waals surface area contributed by atoms with Gasteiger partial charge in [0.05, 0.1) is 5.60 Å². The first-order valence-electron chi connectivity index (χ1n) is 13.2. The summed E-state index contributed by atoms with van der Waals surface area (Å²) in [5, 5.41) is 19.9. The third-order valence-corrected chi connectivity index (χ3v) is 8.05. The Bertz CT molecular complexity index is 1120. The maximum Gasteiger partial charge on any atom is 0.323 e. The molecule has 1 aliphatic rings. The number of nitrogens with zero attached hydrogens (tertiary/aromatic N) is 1. The lowest BCUT2D eigenvalue weighted by Crippen LogP contribution is -2.32. The van der Waals surface area contributed by atoms with Gasteiger partial charge >= 0.3 is 5.97 Å². The third-order valence-electron chi connectivity index (χ3n) is 8.05. The largest absolute Gasteiger partial charge is 0.480 e. The zero-order chi connectivity index (χ0) is 26.5. The van der Waals surface area contributed by atoms with Crippen LogP contribution < -0.4 is 0 Å². The minimum atomic E-state index is -1.03. The van der Waals surface area contributed by atoms with Crippen molar-refractivity contribution in [2.24, 2.45) is 0 Å². The Kier molecular flexibility index (Phi) is 8.78. The molecule has 0 bridgehead atoms. The summed E-state index contributed by atoms with van der Waals surface area (Å²) in [6.45, 7) is 8.10. The first-order valence-corrected chi connectivity index (χ1v) is 13.2. The molecule has 2 N–H and O–H groups in total. The molecule has 1 fully saturated rings. The van der Waals surface area contributed by atoms with E-state index in [9.17, 15) is 14.7 Å². The van der Waals surface area contributed by atoms with E-state index >= 15 is 0 Å². The molecule has 1 amide bonds. The Morgan fingerprint density at radius 1 is 0.972 bits per heavy atom. The van der Waals surface area contributed by atoms with Crippen LogP contribution in [0.15, 0.2) is 42.5 Å². The van der Waals surface area contributed by atoms with Crippen LogP contribution in [0.3, 0.4) is 0 Å². The van der Waals surface area contributed by atoms with E-state index in [0.717, 1.165) is 55.2 Å². The maximum atomic E-state index is 12.8. The summed E-state index contributed by atoms with van der Waals surface area (Å²) in [5.41, 5.74) is 5.18. The zero-order valence-electron chi connectivity index (χ0n) is 22.4. The van der Waals surface area contributed by atoms with E-state index in [1.165, 1.54) is 29.5 Å². The molecule has 194 valence electrons. The molecule has 0 aromatic heterocycles. The van der Waals surface area contributed by atoms with Crippen LogP contribution in [0.5, 0.6) is 0 Å². The van der Waals surface area contributed by atoms with Gasteiger partial charge in [-0.25, -0.2) is 0 Å². The average molecular weight is 492 g/mol. The van der Waals surface area contributed by atoms with Crippen LogP contribution in [0, 0.1) is 13.8 Å². The molecule has 36 heavy (non-hydrogen) atoms. The summed E-state index contributed by atoms with van der Waals surface area (Å²) in [4.78, 5) is 25.1. The van der Waals surface area contributed by atoms with Crippen molar-refractivity contribution in [2.45, 2.75) is 83.7 Å². The molecule has 0 radical (unpaired) electrons. The second kappa shape index (κ2) is 11.4. The van der Waals surface area contributed by atoms with Crippen molar-refractivity contribution in [3.8, 4) is 0 Å². The van der Waals surface area contributed by atoms with Gasteiger partial charge in [0.15, 0.2) is 0 Å². The van der Waals surface area contributed by atoms with Crippen molar-refractivity contribution >= 4 is 18.0 Å². The monoisotopic (exact) mass is 491 g/mol. The first-order chi connectivity index (χ1) is 17.0. The summed E-state index contributed by atoms with van der Waals surface area (Å²) in [6.07, 6.45) is 10.9. The number of benzene rings is 2. The number of likely N-dealkylation sites (N-methyl/N-ethyl adjacent to an activating group) is 1. The second-order valence-corrected chi connectivity index (χ2v) is 10.4. The van der Waals surface area contributed by atoms with Crippen LogP contribution in [-0.4, -0.2) is 46.2 Å². The molecule has 5 nitrogen and oxygen atoms in total. The first kappa shape index (κ1) is 27.7. The van der Waals surface area contributed by atoms with Gasteiger partial charge in [-0.1, -0.05) is 75.6 Å². The van der Waals surface area contributed by atoms with Crippen LogP contribution in [0.4, 0.5) is 0 Å². The molecule has 2 aromatic rings. The lowest BCUT2D eigenvalue weighted by Gasteiger charge is -2.34. The molecular weight excluding hydrogens is 450 g/mol. The van der Waals surface area contributed by atoms with E-state index in [0.29, 0.717) is 5.56 Å². The fourth-order valence-electron chi connectivity index (χ4n) is 5.65. The molecule has 0 aliphatic heterocycles. The van der Waals surface area contributed by atoms with E-state index in [-0.39, 0.29) is 17.9 Å². The Hall–Kier alpha value is -2.92. The number of aliphatic hydroxyl groups is 1. The van der Waals surface area contributed by atoms with Crippen molar-refractivity contribution in [1.29, 1.82) is 0 Å². The molecule has 0 spiro atoms. The molecule has 2 aromatic carbocycles. The third kappa shape index (κ3) is 5.89. The van der Waals surface area contributed by atoms with Gasteiger partial charge in [-0.3, -0.25) is 9.59 Å². The number of rotatable bonds is 9. The molecule has 5 heteroatoms. The number of carbonyl (C=O) groups excluding carboxylic acids is 1. The SMILES string of the molecule is CCC(CC)(c1ccc(C=CC2(O)CCCCC2)c(C)c1)c1ccc(C(=O)N(C)CC(=O)O)c(C)c1. The molecule has 0 unspecified atom stereocenters. The van der Waals surface area contributed by atoms with E-state index in [1.807, 2.05) is 25.1 Å². The van der Waals surface area contributed by atoms with Crippen molar-refractivity contribution in [2.75, 3.05) is 13.6 Å². The number of amides is 1. The minimum Gasteiger partial charge on any atom is -0.480 e. The van der Waals surface area contributed by atoms with Gasteiger partial charge in [0.1, 0.15) is 6.54 Å². The molecule has 0 atom stereocenters. The number of carboxylic acids is 1. The standard InChI is InChI=1S/C31H41NO4/c1-6-31(7-2,26-13-14-27(23(4)20-26)29(35)32(5)21-28(33)34)25-12-11-24(22(3)19-25)15-18-30(36)16-9-8-10-17-30/h11-15,18-20,36H,6-10,16-17,21H2,1-5H3,(H,33,34). The van der Waals surface area contributed by atoms with Gasteiger partial charge in [0, 0.05) is 18.0 Å². The fourth-order valence-corrected chi connectivity index (χ4v) is 5.65. The highest BCUT2D eigenvalue weighted by molar-refractivity contribution is 5.97. The summed E-state index contributed by atoms with van der Waals surface area (Å²) in [7, 11) is 1.51. The average Bonchev–Trinajstić information content (AvgIpc) is 2.84. The highest BCUT2D eigenvalue weighted by Crippen LogP contribution is 2.40. The highest BCUT2D eigenvalue weighted by Gasteiger charge is 2.32. The van der Waals surface area contributed by atoms with Crippen molar-refractivity contribution in [3.63, 3.8) is 0 Å². The van der Waals surface area contributed by atoms with E-state index < -0.39 is 11.6 Å². The quantitative estimate of drug-likeness (QED) is 0.433. The van der Waals surface area contributed by atoms with Gasteiger partial charge in [0.25, 0.3) is 5.91 Å². The van der Waals surface area contributed by atoms with Gasteiger partial charge in [-0.2, -0.15) is 0 Å². The van der Waals surface area contributed by atoms with Crippen LogP contribution >= 0.6 is 0 Å². The zero-order valence-corrected chi connectivity index (χ0v) is 22.4. The van der Waals surface area contributed by atoms with Gasteiger partial charge in [-0.15, -0.1) is 0 Å². The van der Waals surface area contributed by atoms with Crippen molar-refractivity contribution in [1.82, 2.24) is 4.90 Å². The molecule has 1 saturated carbocycles. The van der Waals surface area contributed by atoms with Crippen LogP contribution in [0.25, 0.3) is 6.08 Å². The Morgan fingerprint density at radius 3 is 2.08 bits per heavy atom. The highest BCUT2D eigenvalue weighted by atomic mass is 16.4. The number of carbonyl (C=O) groups is 2. The van der Waals surface area contributed by atoms with E-state index in [2.05, 4.69) is 51.1 Å². The topological polar surface area (TPSA) is 77.8 Å². The van der Waals surface area contributed by atoms with Gasteiger partial charge < -0.3 is 15.1 Å². The predicted octanol–water partition coefficient (Wildman–Crippen LogP) is 6.27. The van der Waals surface area contributed by atoms with Crippen molar-refractivity contribution < 1.29 is 19.8 Å². The second-order valence-electron chi connectivity index (χ2n) is 10.4. The summed E-state index contributed by atoms with van der Waals surface area (Å²) >= 11 is 0. The number of hydrogen-bond donors (Lipinski definition) is 2. The maximum absolute atomic E-state index is 12.8. The van der Waals surface area contributed by atoms with E-state index in [4.69, 9.17) is 5.11 Å². The number of hydrogen-bond acceptors (Lipinski definition) is 3. The van der Waals surface area contributed by atoms with Crippen LogP contribution in [0.2, 0.25) is 0 Å². The van der Waals surface area contributed by atoms with E-state index in [1.54, 1.807) is 0 Å². The molecule has 0 saturated heterocycles. The molecule has 1 aliphatic carbocycles. The van der Waals surface area contributed by atoms with Crippen LogP contribution in [0.1, 0.15) is 97.0 Å². The number of aryl methyl sites for hydroxylation is 2. The summed E-state index contributed by atoms with van der Waals surface area (Å²) < 4.78 is 0. The molecular formula is C31H41NO4. The molecule has 3 rings (SSSR count). The Morgan fingerprint density at radius 2 is 1.56 bits per heavy atom. The van der Waals surface area contributed by atoms with Gasteiger partial charge in [0.2, 0.25) is 0 Å². The van der Waals surface area contributed by atoms with Crippen molar-refractivity contribution in [3.05, 3.63) is 75.9 Å². The summed E-state index contributed by atoms with van der Waals surface area (Å²) in [5.74, 6) is -1.32. The summed E-state index contributed by atoms with van der Waals surface area (Å²) in [6, 6.07) is 12.5. The van der Waals surface area contributed by atoms with Crippen LogP contribution in [-0.2, 0) is 10.2 Å². The Balaban J connectivity index is 1.92.